The standard InChI is InChI=1S/C22H21N3O2/c1-13(2)26-20-11-15(8-9-16(20)12-23)22-24-21(25-27-22)19-6-4-5-17-14(3)7-10-18(17)19/h4-6,8-9,11,13-14H,7,10H2,1-3H3/t14-/m1/s1. The third-order valence-corrected chi connectivity index (χ3v) is 4.95. The van der Waals surface area contributed by atoms with Crippen molar-refractivity contribution in [2.24, 2.45) is 0 Å². The van der Waals surface area contributed by atoms with E-state index >= 15 is 0 Å². The van der Waals surface area contributed by atoms with E-state index in [9.17, 15) is 5.26 Å². The first kappa shape index (κ1) is 17.3. The summed E-state index contributed by atoms with van der Waals surface area (Å²) in [5, 5.41) is 13.5. The summed E-state index contributed by atoms with van der Waals surface area (Å²) in [5.41, 5.74) is 4.97. The fourth-order valence-electron chi connectivity index (χ4n) is 3.62. The Labute approximate surface area is 158 Å². The van der Waals surface area contributed by atoms with Crippen LogP contribution in [0.15, 0.2) is 40.9 Å². The molecule has 136 valence electrons. The second-order valence-electron chi connectivity index (χ2n) is 7.23. The highest BCUT2D eigenvalue weighted by Crippen LogP contribution is 2.38. The zero-order valence-electron chi connectivity index (χ0n) is 15.7. The van der Waals surface area contributed by atoms with E-state index in [-0.39, 0.29) is 6.10 Å². The van der Waals surface area contributed by atoms with Crippen LogP contribution in [0.25, 0.3) is 22.8 Å². The number of nitriles is 1. The minimum Gasteiger partial charge on any atom is -0.490 e. The van der Waals surface area contributed by atoms with Crippen LogP contribution in [0.2, 0.25) is 0 Å². The minimum atomic E-state index is -0.0282. The minimum absolute atomic E-state index is 0.0282. The van der Waals surface area contributed by atoms with Crippen molar-refractivity contribution in [2.75, 3.05) is 0 Å². The molecule has 5 nitrogen and oxygen atoms in total. The molecule has 0 fully saturated rings. The van der Waals surface area contributed by atoms with Crippen molar-refractivity contribution in [3.63, 3.8) is 0 Å². The number of rotatable bonds is 4. The van der Waals surface area contributed by atoms with Crippen molar-refractivity contribution in [1.29, 1.82) is 5.26 Å². The van der Waals surface area contributed by atoms with E-state index in [0.717, 1.165) is 24.0 Å². The molecule has 1 heterocycles. The van der Waals surface area contributed by atoms with Gasteiger partial charge in [0.25, 0.3) is 5.89 Å². The lowest BCUT2D eigenvalue weighted by molar-refractivity contribution is 0.242. The maximum absolute atomic E-state index is 9.28. The first-order chi connectivity index (χ1) is 13.1. The Morgan fingerprint density at radius 1 is 1.26 bits per heavy atom. The molecule has 5 heteroatoms. The Morgan fingerprint density at radius 3 is 2.89 bits per heavy atom. The number of nitrogens with zero attached hydrogens (tertiary/aromatic N) is 3. The highest BCUT2D eigenvalue weighted by molar-refractivity contribution is 5.67. The molecule has 0 spiro atoms. The molecular weight excluding hydrogens is 338 g/mol. The van der Waals surface area contributed by atoms with E-state index in [2.05, 4.69) is 41.3 Å². The van der Waals surface area contributed by atoms with E-state index in [1.165, 1.54) is 11.1 Å². The van der Waals surface area contributed by atoms with Gasteiger partial charge >= 0.3 is 0 Å². The summed E-state index contributed by atoms with van der Waals surface area (Å²) in [6.07, 6.45) is 2.17. The highest BCUT2D eigenvalue weighted by Gasteiger charge is 2.24. The largest absolute Gasteiger partial charge is 0.490 e. The molecule has 4 rings (SSSR count). The Bertz CT molecular complexity index is 1030. The summed E-state index contributed by atoms with van der Waals surface area (Å²) in [7, 11) is 0. The van der Waals surface area contributed by atoms with Crippen LogP contribution < -0.4 is 4.74 Å². The smallest absolute Gasteiger partial charge is 0.258 e. The fourth-order valence-corrected chi connectivity index (χ4v) is 3.62. The molecule has 0 radical (unpaired) electrons. The van der Waals surface area contributed by atoms with Gasteiger partial charge in [-0.3, -0.25) is 0 Å². The molecule has 0 saturated carbocycles. The molecule has 0 bridgehead atoms. The van der Waals surface area contributed by atoms with Gasteiger partial charge in [0.1, 0.15) is 11.8 Å². The monoisotopic (exact) mass is 359 g/mol. The second kappa shape index (κ2) is 6.88. The summed E-state index contributed by atoms with van der Waals surface area (Å²) in [6, 6.07) is 13.8. The predicted octanol–water partition coefficient (Wildman–Crippen LogP) is 5.11. The van der Waals surface area contributed by atoms with Crippen molar-refractivity contribution in [2.45, 2.75) is 45.6 Å². The predicted molar refractivity (Wildman–Crippen MR) is 102 cm³/mol. The molecule has 0 unspecified atom stereocenters. The van der Waals surface area contributed by atoms with Crippen molar-refractivity contribution in [3.8, 4) is 34.7 Å². The first-order valence-electron chi connectivity index (χ1n) is 9.24. The van der Waals surface area contributed by atoms with Crippen LogP contribution in [0, 0.1) is 11.3 Å². The molecule has 0 aliphatic heterocycles. The quantitative estimate of drug-likeness (QED) is 0.647. The van der Waals surface area contributed by atoms with E-state index in [0.29, 0.717) is 28.9 Å². The molecule has 3 aromatic rings. The highest BCUT2D eigenvalue weighted by atomic mass is 16.5. The van der Waals surface area contributed by atoms with Gasteiger partial charge in [0, 0.05) is 11.1 Å². The first-order valence-corrected chi connectivity index (χ1v) is 9.24. The molecule has 2 aromatic carbocycles. The third-order valence-electron chi connectivity index (χ3n) is 4.95. The van der Waals surface area contributed by atoms with Crippen LogP contribution in [0.1, 0.15) is 49.8 Å². The van der Waals surface area contributed by atoms with Crippen molar-refractivity contribution < 1.29 is 9.26 Å². The Kier molecular flexibility index (Phi) is 4.41. The van der Waals surface area contributed by atoms with Gasteiger partial charge in [-0.1, -0.05) is 30.3 Å². The molecule has 1 aliphatic rings. The van der Waals surface area contributed by atoms with E-state index < -0.39 is 0 Å². The number of hydrogen-bond donors (Lipinski definition) is 0. The average molecular weight is 359 g/mol. The van der Waals surface area contributed by atoms with Crippen LogP contribution in [0.3, 0.4) is 0 Å². The lowest BCUT2D eigenvalue weighted by Crippen LogP contribution is -2.06. The Hall–Kier alpha value is -3.13. The normalized spacial score (nSPS) is 15.6. The van der Waals surface area contributed by atoms with Crippen LogP contribution >= 0.6 is 0 Å². The van der Waals surface area contributed by atoms with Crippen LogP contribution in [-0.4, -0.2) is 16.2 Å². The lowest BCUT2D eigenvalue weighted by Gasteiger charge is -2.11. The number of ether oxygens (including phenoxy) is 1. The molecule has 27 heavy (non-hydrogen) atoms. The van der Waals surface area contributed by atoms with Gasteiger partial charge in [-0.15, -0.1) is 0 Å². The Balaban J connectivity index is 1.71. The molecule has 0 N–H and O–H groups in total. The molecule has 0 saturated heterocycles. The van der Waals surface area contributed by atoms with Gasteiger partial charge in [0.2, 0.25) is 5.82 Å². The van der Waals surface area contributed by atoms with Crippen molar-refractivity contribution in [1.82, 2.24) is 10.1 Å². The van der Waals surface area contributed by atoms with Gasteiger partial charge < -0.3 is 9.26 Å². The van der Waals surface area contributed by atoms with E-state index in [1.807, 2.05) is 13.8 Å². The topological polar surface area (TPSA) is 71.9 Å². The van der Waals surface area contributed by atoms with E-state index in [4.69, 9.17) is 9.26 Å². The van der Waals surface area contributed by atoms with Gasteiger partial charge in [0.15, 0.2) is 0 Å². The van der Waals surface area contributed by atoms with Gasteiger partial charge in [-0.25, -0.2) is 0 Å². The van der Waals surface area contributed by atoms with Crippen molar-refractivity contribution >= 4 is 0 Å². The molecule has 1 aliphatic carbocycles. The zero-order chi connectivity index (χ0) is 19.0. The lowest BCUT2D eigenvalue weighted by atomic mass is 9.99. The van der Waals surface area contributed by atoms with E-state index in [1.54, 1.807) is 18.2 Å². The molecule has 1 aromatic heterocycles. The summed E-state index contributed by atoms with van der Waals surface area (Å²) < 4.78 is 11.3. The van der Waals surface area contributed by atoms with Crippen LogP contribution in [0.4, 0.5) is 0 Å². The molecular formula is C22H21N3O2. The maximum Gasteiger partial charge on any atom is 0.258 e. The Morgan fingerprint density at radius 2 is 2.11 bits per heavy atom. The average Bonchev–Trinajstić information content (AvgIpc) is 3.29. The van der Waals surface area contributed by atoms with Crippen LogP contribution in [-0.2, 0) is 6.42 Å². The van der Waals surface area contributed by atoms with Crippen LogP contribution in [0.5, 0.6) is 5.75 Å². The van der Waals surface area contributed by atoms with Gasteiger partial charge in [0.05, 0.1) is 11.7 Å². The fraction of sp³-hybridized carbons (Fsp3) is 0.318. The number of benzene rings is 2. The van der Waals surface area contributed by atoms with Gasteiger partial charge in [-0.05, 0) is 61.9 Å². The van der Waals surface area contributed by atoms with Crippen molar-refractivity contribution in [3.05, 3.63) is 53.1 Å². The maximum atomic E-state index is 9.28. The molecule has 0 amide bonds. The summed E-state index contributed by atoms with van der Waals surface area (Å²) in [6.45, 7) is 6.11. The zero-order valence-corrected chi connectivity index (χ0v) is 15.7. The SMILES string of the molecule is CC(C)Oc1cc(-c2nc(-c3cccc4c3CC[C@H]4C)no2)ccc1C#N. The number of fused-ring (bicyclic) bond motifs is 1. The second-order valence-corrected chi connectivity index (χ2v) is 7.23. The number of hydrogen-bond acceptors (Lipinski definition) is 5. The summed E-state index contributed by atoms with van der Waals surface area (Å²) in [5.74, 6) is 2.12. The summed E-state index contributed by atoms with van der Waals surface area (Å²) >= 11 is 0. The summed E-state index contributed by atoms with van der Waals surface area (Å²) in [4.78, 5) is 4.61. The number of aromatic nitrogens is 2. The van der Waals surface area contributed by atoms with Gasteiger partial charge in [-0.2, -0.15) is 10.2 Å². The third kappa shape index (κ3) is 3.19. The molecule has 1 atom stereocenters.